The first-order valence-corrected chi connectivity index (χ1v) is 13.1. The highest BCUT2D eigenvalue weighted by atomic mass is 14.2. The Kier molecular flexibility index (Phi) is 5.08. The summed E-state index contributed by atoms with van der Waals surface area (Å²) >= 11 is 0. The fraction of sp³-hybridized carbons (Fsp3) is 0.0811. The van der Waals surface area contributed by atoms with Gasteiger partial charge in [-0.2, -0.15) is 0 Å². The van der Waals surface area contributed by atoms with E-state index >= 15 is 0 Å². The largest absolute Gasteiger partial charge is 0.0616 e. The summed E-state index contributed by atoms with van der Waals surface area (Å²) in [7, 11) is 0. The first kappa shape index (κ1) is 21.8. The molecule has 0 atom stereocenters. The van der Waals surface area contributed by atoms with Crippen LogP contribution < -0.4 is 0 Å². The average molecular weight is 473 g/mol. The van der Waals surface area contributed by atoms with Gasteiger partial charge in [-0.15, -0.1) is 0 Å². The Morgan fingerprint density at radius 3 is 1.38 bits per heavy atom. The van der Waals surface area contributed by atoms with Gasteiger partial charge in [-0.05, 0) is 89.0 Å². The summed E-state index contributed by atoms with van der Waals surface area (Å²) in [6.07, 6.45) is 0. The Labute approximate surface area is 217 Å². The molecule has 0 aliphatic heterocycles. The smallest absolute Gasteiger partial charge is 0.00260 e. The van der Waals surface area contributed by atoms with E-state index in [2.05, 4.69) is 141 Å². The Bertz CT molecular complexity index is 1960. The molecule has 0 bridgehead atoms. The second kappa shape index (κ2) is 8.61. The molecule has 0 spiro atoms. The third-order valence-corrected chi connectivity index (χ3v) is 7.79. The van der Waals surface area contributed by atoms with Crippen LogP contribution >= 0.6 is 0 Å². The van der Waals surface area contributed by atoms with Crippen LogP contribution in [0.1, 0.15) is 25.3 Å². The van der Waals surface area contributed by atoms with Gasteiger partial charge in [0.2, 0.25) is 0 Å². The van der Waals surface area contributed by atoms with E-state index in [1.165, 1.54) is 70.9 Å². The first-order chi connectivity index (χ1) is 18.2. The van der Waals surface area contributed by atoms with E-state index in [9.17, 15) is 0 Å². The normalized spacial score (nSPS) is 11.8. The summed E-state index contributed by atoms with van der Waals surface area (Å²) in [6, 6.07) is 47.1. The van der Waals surface area contributed by atoms with Gasteiger partial charge in [0.1, 0.15) is 0 Å². The van der Waals surface area contributed by atoms with E-state index in [1.807, 2.05) is 0 Å². The molecule has 0 aromatic heterocycles. The maximum Gasteiger partial charge on any atom is -0.00260 e. The Morgan fingerprint density at radius 2 is 0.838 bits per heavy atom. The number of hydrogen-bond donors (Lipinski definition) is 0. The standard InChI is InChI=1S/C37H28/c1-24(2)27-19-20-34-35(23-27)37(31-18-16-26-10-4-6-12-29(26)22-31)33-14-8-7-13-32(33)36(34)30-17-15-25-9-3-5-11-28(25)21-30/h3-24H,1-2H3. The highest BCUT2D eigenvalue weighted by molar-refractivity contribution is 6.22. The fourth-order valence-corrected chi connectivity index (χ4v) is 5.87. The molecule has 0 amide bonds. The van der Waals surface area contributed by atoms with E-state index in [4.69, 9.17) is 0 Å². The van der Waals surface area contributed by atoms with Gasteiger partial charge in [-0.25, -0.2) is 0 Å². The van der Waals surface area contributed by atoms with Crippen LogP contribution in [0.25, 0.3) is 65.3 Å². The van der Waals surface area contributed by atoms with Crippen molar-refractivity contribution in [2.45, 2.75) is 19.8 Å². The van der Waals surface area contributed by atoms with Crippen molar-refractivity contribution in [1.29, 1.82) is 0 Å². The van der Waals surface area contributed by atoms with Crippen molar-refractivity contribution in [2.75, 3.05) is 0 Å². The second-order valence-corrected chi connectivity index (χ2v) is 10.4. The number of hydrogen-bond acceptors (Lipinski definition) is 0. The van der Waals surface area contributed by atoms with Crippen molar-refractivity contribution in [3.8, 4) is 22.3 Å². The summed E-state index contributed by atoms with van der Waals surface area (Å²) < 4.78 is 0. The van der Waals surface area contributed by atoms with Crippen molar-refractivity contribution in [3.05, 3.63) is 133 Å². The summed E-state index contributed by atoms with van der Waals surface area (Å²) in [5, 5.41) is 10.3. The lowest BCUT2D eigenvalue weighted by Gasteiger charge is -2.20. The molecule has 0 nitrogen and oxygen atoms in total. The lowest BCUT2D eigenvalue weighted by atomic mass is 9.84. The monoisotopic (exact) mass is 472 g/mol. The van der Waals surface area contributed by atoms with Crippen molar-refractivity contribution in [1.82, 2.24) is 0 Å². The zero-order chi connectivity index (χ0) is 24.9. The van der Waals surface area contributed by atoms with Crippen LogP contribution in [0.3, 0.4) is 0 Å². The second-order valence-electron chi connectivity index (χ2n) is 10.4. The van der Waals surface area contributed by atoms with Crippen LogP contribution in [-0.2, 0) is 0 Å². The molecule has 0 fully saturated rings. The number of benzene rings is 7. The Balaban J connectivity index is 1.63. The van der Waals surface area contributed by atoms with Crippen LogP contribution in [0.4, 0.5) is 0 Å². The van der Waals surface area contributed by atoms with Crippen molar-refractivity contribution in [2.24, 2.45) is 0 Å². The molecule has 7 aromatic carbocycles. The predicted octanol–water partition coefficient (Wildman–Crippen LogP) is 10.8. The molecule has 0 radical (unpaired) electrons. The lowest BCUT2D eigenvalue weighted by molar-refractivity contribution is 0.869. The van der Waals surface area contributed by atoms with E-state index in [0.717, 1.165) is 0 Å². The first-order valence-electron chi connectivity index (χ1n) is 13.1. The SMILES string of the molecule is CC(C)c1ccc2c(-c3ccc4ccccc4c3)c3ccccc3c(-c3ccc4ccccc4c3)c2c1. The van der Waals surface area contributed by atoms with Gasteiger partial charge in [0.25, 0.3) is 0 Å². The maximum absolute atomic E-state index is 2.43. The van der Waals surface area contributed by atoms with Crippen LogP contribution in [0, 0.1) is 0 Å². The molecule has 0 aliphatic rings. The van der Waals surface area contributed by atoms with Gasteiger partial charge in [0.05, 0.1) is 0 Å². The number of rotatable bonds is 3. The summed E-state index contributed by atoms with van der Waals surface area (Å²) in [5.41, 5.74) is 6.54. The van der Waals surface area contributed by atoms with Crippen LogP contribution in [0.5, 0.6) is 0 Å². The lowest BCUT2D eigenvalue weighted by Crippen LogP contribution is -1.94. The molecule has 0 heterocycles. The third-order valence-electron chi connectivity index (χ3n) is 7.79. The summed E-state index contributed by atoms with van der Waals surface area (Å²) in [4.78, 5) is 0. The van der Waals surface area contributed by atoms with E-state index in [-0.39, 0.29) is 0 Å². The van der Waals surface area contributed by atoms with E-state index < -0.39 is 0 Å². The van der Waals surface area contributed by atoms with Gasteiger partial charge < -0.3 is 0 Å². The van der Waals surface area contributed by atoms with Gasteiger partial charge >= 0.3 is 0 Å². The zero-order valence-electron chi connectivity index (χ0n) is 21.2. The van der Waals surface area contributed by atoms with Gasteiger partial charge in [-0.1, -0.05) is 129 Å². The average Bonchev–Trinajstić information content (AvgIpc) is 2.95. The van der Waals surface area contributed by atoms with E-state index in [1.54, 1.807) is 0 Å². The molecule has 176 valence electrons. The molecule has 0 unspecified atom stereocenters. The minimum Gasteiger partial charge on any atom is -0.0616 e. The summed E-state index contributed by atoms with van der Waals surface area (Å²) in [5.74, 6) is 0.462. The molecule has 7 rings (SSSR count). The van der Waals surface area contributed by atoms with Gasteiger partial charge in [-0.3, -0.25) is 0 Å². The summed E-state index contributed by atoms with van der Waals surface area (Å²) in [6.45, 7) is 4.56. The Hall–Kier alpha value is -4.42. The van der Waals surface area contributed by atoms with Crippen LogP contribution in [0.15, 0.2) is 127 Å². The molecule has 0 N–H and O–H groups in total. The van der Waals surface area contributed by atoms with Crippen molar-refractivity contribution in [3.63, 3.8) is 0 Å². The Morgan fingerprint density at radius 1 is 0.378 bits per heavy atom. The minimum absolute atomic E-state index is 0.462. The fourth-order valence-electron chi connectivity index (χ4n) is 5.87. The molecular formula is C37H28. The highest BCUT2D eigenvalue weighted by Crippen LogP contribution is 2.45. The molecule has 0 aliphatic carbocycles. The maximum atomic E-state index is 2.43. The molecule has 7 aromatic rings. The van der Waals surface area contributed by atoms with Gasteiger partial charge in [0, 0.05) is 0 Å². The third kappa shape index (κ3) is 3.60. The van der Waals surface area contributed by atoms with Gasteiger partial charge in [0.15, 0.2) is 0 Å². The van der Waals surface area contributed by atoms with Crippen molar-refractivity contribution >= 4 is 43.1 Å². The predicted molar refractivity (Wildman–Crippen MR) is 161 cm³/mol. The quantitative estimate of drug-likeness (QED) is 0.224. The molecule has 0 saturated heterocycles. The van der Waals surface area contributed by atoms with Crippen molar-refractivity contribution < 1.29 is 0 Å². The minimum atomic E-state index is 0.462. The zero-order valence-corrected chi connectivity index (χ0v) is 21.2. The highest BCUT2D eigenvalue weighted by Gasteiger charge is 2.18. The molecular weight excluding hydrogens is 444 g/mol. The van der Waals surface area contributed by atoms with E-state index in [0.29, 0.717) is 5.92 Å². The molecule has 0 heteroatoms. The molecule has 37 heavy (non-hydrogen) atoms. The van der Waals surface area contributed by atoms with Crippen LogP contribution in [0.2, 0.25) is 0 Å². The topological polar surface area (TPSA) is 0 Å². The number of fused-ring (bicyclic) bond motifs is 4. The van der Waals surface area contributed by atoms with Crippen LogP contribution in [-0.4, -0.2) is 0 Å². The molecule has 0 saturated carbocycles.